The highest BCUT2D eigenvalue weighted by molar-refractivity contribution is 14.0. The minimum absolute atomic E-state index is 0. The second kappa shape index (κ2) is 8.69. The summed E-state index contributed by atoms with van der Waals surface area (Å²) in [5.74, 6) is 2.33. The lowest BCUT2D eigenvalue weighted by Gasteiger charge is -2.18. The van der Waals surface area contributed by atoms with Crippen LogP contribution in [0, 0.1) is 13.8 Å². The average Bonchev–Trinajstić information content (AvgIpc) is 3.32. The van der Waals surface area contributed by atoms with Gasteiger partial charge in [0.15, 0.2) is 5.96 Å². The fourth-order valence-corrected chi connectivity index (χ4v) is 2.86. The molecule has 6 heteroatoms. The monoisotopic (exact) mass is 454 g/mol. The summed E-state index contributed by atoms with van der Waals surface area (Å²) in [7, 11) is 0. The second-order valence-electron chi connectivity index (χ2n) is 6.44. The maximum absolute atomic E-state index is 5.60. The molecule has 0 bridgehead atoms. The van der Waals surface area contributed by atoms with Gasteiger partial charge in [-0.25, -0.2) is 9.98 Å². The fourth-order valence-electron chi connectivity index (χ4n) is 2.86. The highest BCUT2D eigenvalue weighted by Gasteiger charge is 2.43. The standard InChI is InChI=1S/C19H26N4O.HI/c1-4-20-18(21-12-17-23-14(2)15(3)24-17)22-13-19(10-11-19)16-8-6-5-7-9-16;/h5-9H,4,10-13H2,1-3H3,(H2,20,21,22);1H. The van der Waals surface area contributed by atoms with Crippen molar-refractivity contribution in [3.63, 3.8) is 0 Å². The van der Waals surface area contributed by atoms with Crippen LogP contribution in [-0.4, -0.2) is 24.0 Å². The third kappa shape index (κ3) is 4.96. The van der Waals surface area contributed by atoms with Gasteiger partial charge in [0, 0.05) is 18.5 Å². The van der Waals surface area contributed by atoms with E-state index in [1.54, 1.807) is 0 Å². The van der Waals surface area contributed by atoms with E-state index in [4.69, 9.17) is 4.42 Å². The molecule has 1 aromatic heterocycles. The first-order valence-electron chi connectivity index (χ1n) is 8.63. The maximum Gasteiger partial charge on any atom is 0.216 e. The van der Waals surface area contributed by atoms with Crippen LogP contribution in [0.1, 0.15) is 42.7 Å². The Hall–Kier alpha value is -1.57. The molecule has 2 N–H and O–H groups in total. The molecular formula is C19H27IN4O. The number of aromatic nitrogens is 1. The zero-order valence-electron chi connectivity index (χ0n) is 15.1. The number of oxazole rings is 1. The Morgan fingerprint density at radius 1 is 1.20 bits per heavy atom. The molecule has 0 aliphatic heterocycles. The van der Waals surface area contributed by atoms with E-state index in [9.17, 15) is 0 Å². The molecule has 0 unspecified atom stereocenters. The zero-order valence-corrected chi connectivity index (χ0v) is 17.5. The van der Waals surface area contributed by atoms with Crippen molar-refractivity contribution >= 4 is 29.9 Å². The summed E-state index contributed by atoms with van der Waals surface area (Å²) in [6.45, 7) is 8.12. The molecule has 25 heavy (non-hydrogen) atoms. The van der Waals surface area contributed by atoms with Gasteiger partial charge in [0.1, 0.15) is 12.3 Å². The Morgan fingerprint density at radius 3 is 2.48 bits per heavy atom. The molecule has 3 rings (SSSR count). The first kappa shape index (κ1) is 19.8. The van der Waals surface area contributed by atoms with Crippen LogP contribution in [0.3, 0.4) is 0 Å². The first-order chi connectivity index (χ1) is 11.6. The van der Waals surface area contributed by atoms with Crippen LogP contribution in [0.25, 0.3) is 0 Å². The number of guanidine groups is 1. The van der Waals surface area contributed by atoms with Crippen molar-refractivity contribution in [2.45, 2.75) is 45.6 Å². The quantitative estimate of drug-likeness (QED) is 0.397. The summed E-state index contributed by atoms with van der Waals surface area (Å²) in [6.07, 6.45) is 2.45. The van der Waals surface area contributed by atoms with E-state index in [-0.39, 0.29) is 29.4 Å². The number of rotatable bonds is 6. The highest BCUT2D eigenvalue weighted by Crippen LogP contribution is 2.47. The molecule has 1 saturated carbocycles. The van der Waals surface area contributed by atoms with Gasteiger partial charge in [0.2, 0.25) is 5.89 Å². The molecule has 1 heterocycles. The van der Waals surface area contributed by atoms with Gasteiger partial charge >= 0.3 is 0 Å². The van der Waals surface area contributed by atoms with Gasteiger partial charge < -0.3 is 15.1 Å². The minimum Gasteiger partial charge on any atom is -0.444 e. The topological polar surface area (TPSA) is 62.5 Å². The largest absolute Gasteiger partial charge is 0.444 e. The lowest BCUT2D eigenvalue weighted by atomic mass is 9.96. The highest BCUT2D eigenvalue weighted by atomic mass is 127. The summed E-state index contributed by atoms with van der Waals surface area (Å²) in [6, 6.07) is 10.7. The lowest BCUT2D eigenvalue weighted by molar-refractivity contribution is 0.472. The van der Waals surface area contributed by atoms with Crippen LogP contribution in [0.15, 0.2) is 39.7 Å². The van der Waals surface area contributed by atoms with Gasteiger partial charge in [-0.3, -0.25) is 0 Å². The summed E-state index contributed by atoms with van der Waals surface area (Å²) >= 11 is 0. The van der Waals surface area contributed by atoms with E-state index in [2.05, 4.69) is 57.9 Å². The van der Waals surface area contributed by atoms with E-state index in [1.165, 1.54) is 18.4 Å². The van der Waals surface area contributed by atoms with E-state index >= 15 is 0 Å². The van der Waals surface area contributed by atoms with Crippen LogP contribution < -0.4 is 10.6 Å². The van der Waals surface area contributed by atoms with Gasteiger partial charge in [0.05, 0.1) is 5.69 Å². The van der Waals surface area contributed by atoms with Gasteiger partial charge in [-0.1, -0.05) is 30.3 Å². The molecule has 1 aromatic carbocycles. The SMILES string of the molecule is CCNC(=NCc1nc(C)c(C)o1)NCC1(c2ccccc2)CC1.I. The average molecular weight is 454 g/mol. The predicted molar refractivity (Wildman–Crippen MR) is 112 cm³/mol. The van der Waals surface area contributed by atoms with Crippen molar-refractivity contribution in [3.8, 4) is 0 Å². The van der Waals surface area contributed by atoms with Crippen molar-refractivity contribution in [2.24, 2.45) is 4.99 Å². The van der Waals surface area contributed by atoms with E-state index in [1.807, 2.05) is 13.8 Å². The van der Waals surface area contributed by atoms with Crippen LogP contribution in [0.4, 0.5) is 0 Å². The number of nitrogens with zero attached hydrogens (tertiary/aromatic N) is 2. The Balaban J connectivity index is 0.00000225. The van der Waals surface area contributed by atoms with Gasteiger partial charge in [-0.2, -0.15) is 0 Å². The van der Waals surface area contributed by atoms with Crippen molar-refractivity contribution in [1.29, 1.82) is 0 Å². The van der Waals surface area contributed by atoms with E-state index in [0.717, 1.165) is 30.5 Å². The smallest absolute Gasteiger partial charge is 0.216 e. The zero-order chi connectivity index (χ0) is 17.0. The van der Waals surface area contributed by atoms with Crippen molar-refractivity contribution in [3.05, 3.63) is 53.2 Å². The molecule has 5 nitrogen and oxygen atoms in total. The van der Waals surface area contributed by atoms with Gasteiger partial charge in [-0.05, 0) is 39.2 Å². The molecule has 0 saturated heterocycles. The lowest BCUT2D eigenvalue weighted by Crippen LogP contribution is -2.41. The third-order valence-corrected chi connectivity index (χ3v) is 4.62. The van der Waals surface area contributed by atoms with E-state index in [0.29, 0.717) is 12.4 Å². The minimum atomic E-state index is 0. The Morgan fingerprint density at radius 2 is 1.92 bits per heavy atom. The summed E-state index contributed by atoms with van der Waals surface area (Å²) in [5.41, 5.74) is 2.60. The molecule has 2 aromatic rings. The number of halogens is 1. The number of hydrogen-bond donors (Lipinski definition) is 2. The van der Waals surface area contributed by atoms with Crippen molar-refractivity contribution < 1.29 is 4.42 Å². The maximum atomic E-state index is 5.60. The van der Waals surface area contributed by atoms with Crippen LogP contribution in [-0.2, 0) is 12.0 Å². The summed E-state index contributed by atoms with van der Waals surface area (Å²) in [5, 5.41) is 6.78. The van der Waals surface area contributed by atoms with Gasteiger partial charge in [0.25, 0.3) is 0 Å². The third-order valence-electron chi connectivity index (χ3n) is 4.62. The Bertz CT molecular complexity index is 688. The van der Waals surface area contributed by atoms with Crippen molar-refractivity contribution in [1.82, 2.24) is 15.6 Å². The van der Waals surface area contributed by atoms with E-state index < -0.39 is 0 Å². The molecule has 0 amide bonds. The Labute approximate surface area is 166 Å². The molecular weight excluding hydrogens is 427 g/mol. The fraction of sp³-hybridized carbons (Fsp3) is 0.474. The van der Waals surface area contributed by atoms with Crippen LogP contribution in [0.2, 0.25) is 0 Å². The normalized spacial score (nSPS) is 15.4. The molecule has 0 atom stereocenters. The second-order valence-corrected chi connectivity index (χ2v) is 6.44. The number of aryl methyl sites for hydroxylation is 2. The number of nitrogens with one attached hydrogen (secondary N) is 2. The molecule has 0 spiro atoms. The molecule has 1 aliphatic carbocycles. The molecule has 1 aliphatic rings. The first-order valence-corrected chi connectivity index (χ1v) is 8.63. The predicted octanol–water partition coefficient (Wildman–Crippen LogP) is 3.70. The van der Waals surface area contributed by atoms with Crippen LogP contribution >= 0.6 is 24.0 Å². The molecule has 136 valence electrons. The summed E-state index contributed by atoms with van der Waals surface area (Å²) in [4.78, 5) is 8.98. The Kier molecular flexibility index (Phi) is 6.87. The number of aliphatic imine (C=N–C) groups is 1. The molecule has 0 radical (unpaired) electrons. The van der Waals surface area contributed by atoms with Crippen molar-refractivity contribution in [2.75, 3.05) is 13.1 Å². The van der Waals surface area contributed by atoms with Gasteiger partial charge in [-0.15, -0.1) is 24.0 Å². The molecule has 1 fully saturated rings. The number of hydrogen-bond acceptors (Lipinski definition) is 3. The summed E-state index contributed by atoms with van der Waals surface area (Å²) < 4.78 is 5.60. The van der Waals surface area contributed by atoms with Crippen LogP contribution in [0.5, 0.6) is 0 Å². The number of benzene rings is 1.